The second-order valence-electron chi connectivity index (χ2n) is 6.45. The third kappa shape index (κ3) is 5.31. The molecule has 0 bridgehead atoms. The van der Waals surface area contributed by atoms with Crippen LogP contribution in [0.25, 0.3) is 0 Å². The summed E-state index contributed by atoms with van der Waals surface area (Å²) in [6.45, 7) is 7.23. The molecule has 134 valence electrons. The molecule has 1 amide bonds. The van der Waals surface area contributed by atoms with Crippen molar-refractivity contribution in [1.82, 2.24) is 9.80 Å². The SMILES string of the molecule is Cc1ccccc1OCCCC(=O)N1CCN(Cc2cccs2)CC1. The van der Waals surface area contributed by atoms with Crippen LogP contribution in [0.1, 0.15) is 23.3 Å². The van der Waals surface area contributed by atoms with Crippen molar-refractivity contribution in [3.05, 3.63) is 52.2 Å². The number of benzene rings is 1. The lowest BCUT2D eigenvalue weighted by Crippen LogP contribution is -2.48. The number of amides is 1. The molecule has 0 radical (unpaired) electrons. The number of carbonyl (C=O) groups excluding carboxylic acids is 1. The van der Waals surface area contributed by atoms with Crippen LogP contribution >= 0.6 is 11.3 Å². The van der Waals surface area contributed by atoms with Crippen molar-refractivity contribution in [3.63, 3.8) is 0 Å². The molecule has 0 aliphatic carbocycles. The van der Waals surface area contributed by atoms with Crippen molar-refractivity contribution in [2.75, 3.05) is 32.8 Å². The summed E-state index contributed by atoms with van der Waals surface area (Å²) >= 11 is 1.80. The predicted octanol–water partition coefficient (Wildman–Crippen LogP) is 3.56. The van der Waals surface area contributed by atoms with Crippen LogP contribution in [0.2, 0.25) is 0 Å². The van der Waals surface area contributed by atoms with Crippen molar-refractivity contribution in [2.45, 2.75) is 26.3 Å². The van der Waals surface area contributed by atoms with E-state index in [-0.39, 0.29) is 5.91 Å². The van der Waals surface area contributed by atoms with E-state index < -0.39 is 0 Å². The van der Waals surface area contributed by atoms with Crippen LogP contribution in [0.3, 0.4) is 0 Å². The van der Waals surface area contributed by atoms with Gasteiger partial charge in [0.2, 0.25) is 5.91 Å². The Bertz CT molecular complexity index is 664. The van der Waals surface area contributed by atoms with Gasteiger partial charge in [-0.2, -0.15) is 0 Å². The molecule has 0 unspecified atom stereocenters. The number of carbonyl (C=O) groups is 1. The summed E-state index contributed by atoms with van der Waals surface area (Å²) in [5.74, 6) is 1.17. The summed E-state index contributed by atoms with van der Waals surface area (Å²) in [4.78, 5) is 18.2. The number of thiophene rings is 1. The summed E-state index contributed by atoms with van der Waals surface area (Å²) in [5, 5.41) is 2.12. The van der Waals surface area contributed by atoms with Gasteiger partial charge in [-0.3, -0.25) is 9.69 Å². The van der Waals surface area contributed by atoms with E-state index in [1.807, 2.05) is 36.1 Å². The topological polar surface area (TPSA) is 32.8 Å². The Morgan fingerprint density at radius 1 is 1.12 bits per heavy atom. The van der Waals surface area contributed by atoms with E-state index in [0.717, 1.165) is 50.5 Å². The van der Waals surface area contributed by atoms with Gasteiger partial charge in [0.25, 0.3) is 0 Å². The smallest absolute Gasteiger partial charge is 0.222 e. The molecule has 1 saturated heterocycles. The molecule has 1 fully saturated rings. The predicted molar refractivity (Wildman–Crippen MR) is 102 cm³/mol. The quantitative estimate of drug-likeness (QED) is 0.710. The van der Waals surface area contributed by atoms with E-state index in [0.29, 0.717) is 13.0 Å². The Kier molecular flexibility index (Phi) is 6.48. The minimum atomic E-state index is 0.254. The fourth-order valence-electron chi connectivity index (χ4n) is 3.06. The fourth-order valence-corrected chi connectivity index (χ4v) is 3.81. The number of nitrogens with zero attached hydrogens (tertiary/aromatic N) is 2. The standard InChI is InChI=1S/C20H26N2O2S/c1-17-6-2-3-8-19(17)24-14-4-9-20(23)22-12-10-21(11-13-22)16-18-7-5-15-25-18/h2-3,5-8,15H,4,9-14,16H2,1H3. The molecule has 0 saturated carbocycles. The van der Waals surface area contributed by atoms with Gasteiger partial charge in [0, 0.05) is 44.0 Å². The van der Waals surface area contributed by atoms with Crippen LogP contribution in [0, 0.1) is 6.92 Å². The summed E-state index contributed by atoms with van der Waals surface area (Å²) in [5.41, 5.74) is 1.13. The Hall–Kier alpha value is -1.85. The largest absolute Gasteiger partial charge is 0.493 e. The monoisotopic (exact) mass is 358 g/mol. The average molecular weight is 359 g/mol. The van der Waals surface area contributed by atoms with E-state index in [2.05, 4.69) is 22.4 Å². The number of rotatable bonds is 7. The van der Waals surface area contributed by atoms with Crippen LogP contribution in [-0.4, -0.2) is 48.5 Å². The maximum Gasteiger partial charge on any atom is 0.222 e. The van der Waals surface area contributed by atoms with Crippen LogP contribution in [-0.2, 0) is 11.3 Å². The highest BCUT2D eigenvalue weighted by Gasteiger charge is 2.20. The van der Waals surface area contributed by atoms with Gasteiger partial charge in [-0.15, -0.1) is 11.3 Å². The molecule has 5 heteroatoms. The summed E-state index contributed by atoms with van der Waals surface area (Å²) in [6, 6.07) is 12.3. The highest BCUT2D eigenvalue weighted by molar-refractivity contribution is 7.09. The number of hydrogen-bond acceptors (Lipinski definition) is 4. The maximum atomic E-state index is 12.4. The van der Waals surface area contributed by atoms with Crippen LogP contribution < -0.4 is 4.74 Å². The van der Waals surface area contributed by atoms with Gasteiger partial charge in [-0.1, -0.05) is 24.3 Å². The van der Waals surface area contributed by atoms with E-state index in [1.54, 1.807) is 11.3 Å². The number of para-hydroxylation sites is 1. The molecule has 0 spiro atoms. The number of aryl methyl sites for hydroxylation is 1. The van der Waals surface area contributed by atoms with Gasteiger partial charge in [-0.05, 0) is 36.4 Å². The Morgan fingerprint density at radius 2 is 1.92 bits per heavy atom. The zero-order chi connectivity index (χ0) is 17.5. The van der Waals surface area contributed by atoms with Gasteiger partial charge in [0.05, 0.1) is 6.61 Å². The van der Waals surface area contributed by atoms with E-state index in [4.69, 9.17) is 4.74 Å². The lowest BCUT2D eigenvalue weighted by molar-refractivity contribution is -0.133. The zero-order valence-electron chi connectivity index (χ0n) is 14.8. The second kappa shape index (κ2) is 9.02. The second-order valence-corrected chi connectivity index (χ2v) is 7.49. The van der Waals surface area contributed by atoms with Crippen molar-refractivity contribution in [2.24, 2.45) is 0 Å². The molecule has 1 aliphatic heterocycles. The molecule has 25 heavy (non-hydrogen) atoms. The maximum absolute atomic E-state index is 12.4. The van der Waals surface area contributed by atoms with Crippen LogP contribution in [0.4, 0.5) is 0 Å². The highest BCUT2D eigenvalue weighted by Crippen LogP contribution is 2.17. The Labute approximate surface area is 154 Å². The van der Waals surface area contributed by atoms with E-state index in [9.17, 15) is 4.79 Å². The lowest BCUT2D eigenvalue weighted by atomic mass is 10.2. The first-order valence-electron chi connectivity index (χ1n) is 8.93. The van der Waals surface area contributed by atoms with Gasteiger partial charge in [0.1, 0.15) is 5.75 Å². The first-order valence-corrected chi connectivity index (χ1v) is 9.81. The highest BCUT2D eigenvalue weighted by atomic mass is 32.1. The van der Waals surface area contributed by atoms with Crippen LogP contribution in [0.15, 0.2) is 41.8 Å². The van der Waals surface area contributed by atoms with Crippen molar-refractivity contribution < 1.29 is 9.53 Å². The van der Waals surface area contributed by atoms with Gasteiger partial charge >= 0.3 is 0 Å². The van der Waals surface area contributed by atoms with Gasteiger partial charge in [-0.25, -0.2) is 0 Å². The molecule has 1 aromatic heterocycles. The number of hydrogen-bond donors (Lipinski definition) is 0. The fraction of sp³-hybridized carbons (Fsp3) is 0.450. The number of piperazine rings is 1. The first kappa shape index (κ1) is 18.0. The van der Waals surface area contributed by atoms with Crippen molar-refractivity contribution >= 4 is 17.2 Å². The molecule has 2 heterocycles. The Morgan fingerprint density at radius 3 is 2.64 bits per heavy atom. The molecule has 1 aliphatic rings. The Balaban J connectivity index is 1.33. The summed E-state index contributed by atoms with van der Waals surface area (Å²) in [6.07, 6.45) is 1.33. The summed E-state index contributed by atoms with van der Waals surface area (Å²) in [7, 11) is 0. The minimum absolute atomic E-state index is 0.254. The normalized spacial score (nSPS) is 15.3. The molecule has 4 nitrogen and oxygen atoms in total. The third-order valence-electron chi connectivity index (χ3n) is 4.57. The molecule has 1 aromatic carbocycles. The molecular weight excluding hydrogens is 332 g/mol. The van der Waals surface area contributed by atoms with E-state index >= 15 is 0 Å². The molecule has 2 aromatic rings. The van der Waals surface area contributed by atoms with Gasteiger partial charge < -0.3 is 9.64 Å². The molecule has 3 rings (SSSR count). The zero-order valence-corrected chi connectivity index (χ0v) is 15.6. The first-order chi connectivity index (χ1) is 12.2. The van der Waals surface area contributed by atoms with E-state index in [1.165, 1.54) is 4.88 Å². The third-order valence-corrected chi connectivity index (χ3v) is 5.43. The van der Waals surface area contributed by atoms with Gasteiger partial charge in [0.15, 0.2) is 0 Å². The minimum Gasteiger partial charge on any atom is -0.493 e. The lowest BCUT2D eigenvalue weighted by Gasteiger charge is -2.34. The van der Waals surface area contributed by atoms with Crippen molar-refractivity contribution in [3.8, 4) is 5.75 Å². The van der Waals surface area contributed by atoms with Crippen LogP contribution in [0.5, 0.6) is 5.75 Å². The average Bonchev–Trinajstić information content (AvgIpc) is 3.13. The number of ether oxygens (including phenoxy) is 1. The summed E-state index contributed by atoms with van der Waals surface area (Å²) < 4.78 is 5.77. The van der Waals surface area contributed by atoms with Crippen molar-refractivity contribution in [1.29, 1.82) is 0 Å². The molecule has 0 N–H and O–H groups in total. The molecular formula is C20H26N2O2S. The molecule has 0 atom stereocenters.